The Hall–Kier alpha value is -2.09. The minimum Gasteiger partial charge on any atom is -0.494 e. The Morgan fingerprint density at radius 3 is 2.43 bits per heavy atom. The van der Waals surface area contributed by atoms with Crippen molar-refractivity contribution in [3.63, 3.8) is 0 Å². The van der Waals surface area contributed by atoms with Gasteiger partial charge in [0.25, 0.3) is 0 Å². The van der Waals surface area contributed by atoms with Crippen molar-refractivity contribution in [2.75, 3.05) is 6.61 Å². The molecule has 0 unspecified atom stereocenters. The van der Waals surface area contributed by atoms with Crippen molar-refractivity contribution >= 4 is 5.78 Å². The summed E-state index contributed by atoms with van der Waals surface area (Å²) in [7, 11) is 0. The number of aryl methyl sites for hydroxylation is 2. The standard InChI is InChI=1S/C19H22O2/c1-4-5-12-21-17-10-8-16(9-11-17)19(20)18-13-14(2)6-7-15(18)3/h6-11,13H,4-5,12H2,1-3H3. The Kier molecular flexibility index (Phi) is 5.15. The molecule has 0 fully saturated rings. The summed E-state index contributed by atoms with van der Waals surface area (Å²) < 4.78 is 5.62. The minimum absolute atomic E-state index is 0.0660. The molecule has 2 heteroatoms. The van der Waals surface area contributed by atoms with Crippen LogP contribution in [0.3, 0.4) is 0 Å². The van der Waals surface area contributed by atoms with Gasteiger partial charge in [0.05, 0.1) is 6.61 Å². The molecular formula is C19H22O2. The average Bonchev–Trinajstić information content (AvgIpc) is 2.50. The molecule has 0 aliphatic carbocycles. The minimum atomic E-state index is 0.0660. The predicted octanol–water partition coefficient (Wildman–Crippen LogP) is 4.71. The second-order valence-corrected chi connectivity index (χ2v) is 5.37. The fourth-order valence-electron chi connectivity index (χ4n) is 2.17. The Morgan fingerprint density at radius 2 is 1.76 bits per heavy atom. The van der Waals surface area contributed by atoms with Crippen molar-refractivity contribution in [1.29, 1.82) is 0 Å². The Bertz CT molecular complexity index is 612. The molecule has 0 aliphatic heterocycles. The molecule has 2 nitrogen and oxygen atoms in total. The lowest BCUT2D eigenvalue weighted by Crippen LogP contribution is -2.04. The fraction of sp³-hybridized carbons (Fsp3) is 0.316. The topological polar surface area (TPSA) is 26.3 Å². The summed E-state index contributed by atoms with van der Waals surface area (Å²) in [4.78, 5) is 12.6. The summed E-state index contributed by atoms with van der Waals surface area (Å²) in [5.41, 5.74) is 3.58. The molecule has 21 heavy (non-hydrogen) atoms. The first-order chi connectivity index (χ1) is 10.1. The smallest absolute Gasteiger partial charge is 0.193 e. The van der Waals surface area contributed by atoms with Crippen molar-refractivity contribution in [1.82, 2.24) is 0 Å². The van der Waals surface area contributed by atoms with E-state index in [-0.39, 0.29) is 5.78 Å². The number of rotatable bonds is 6. The number of carbonyl (C=O) groups excluding carboxylic acids is 1. The maximum Gasteiger partial charge on any atom is 0.193 e. The lowest BCUT2D eigenvalue weighted by Gasteiger charge is -2.08. The number of ketones is 1. The van der Waals surface area contributed by atoms with Gasteiger partial charge in [-0.2, -0.15) is 0 Å². The number of carbonyl (C=O) groups is 1. The van der Waals surface area contributed by atoms with Crippen LogP contribution >= 0.6 is 0 Å². The average molecular weight is 282 g/mol. The summed E-state index contributed by atoms with van der Waals surface area (Å²) in [6.07, 6.45) is 2.16. The van der Waals surface area contributed by atoms with E-state index in [2.05, 4.69) is 6.92 Å². The first-order valence-corrected chi connectivity index (χ1v) is 7.46. The molecule has 2 aromatic rings. The molecule has 0 N–H and O–H groups in total. The van der Waals surface area contributed by atoms with Crippen LogP contribution in [0.1, 0.15) is 46.8 Å². The molecule has 0 saturated carbocycles. The second kappa shape index (κ2) is 7.07. The maximum atomic E-state index is 12.6. The maximum absolute atomic E-state index is 12.6. The molecule has 0 radical (unpaired) electrons. The summed E-state index contributed by atoms with van der Waals surface area (Å²) in [6, 6.07) is 13.4. The third-order valence-electron chi connectivity index (χ3n) is 3.52. The number of benzene rings is 2. The van der Waals surface area contributed by atoms with Gasteiger partial charge < -0.3 is 4.74 Å². The Morgan fingerprint density at radius 1 is 1.05 bits per heavy atom. The van der Waals surface area contributed by atoms with E-state index in [1.54, 1.807) is 0 Å². The highest BCUT2D eigenvalue weighted by atomic mass is 16.5. The van der Waals surface area contributed by atoms with E-state index in [4.69, 9.17) is 4.74 Å². The molecule has 2 rings (SSSR count). The molecule has 0 heterocycles. The molecular weight excluding hydrogens is 260 g/mol. The van der Waals surface area contributed by atoms with Crippen LogP contribution < -0.4 is 4.74 Å². The van der Waals surface area contributed by atoms with E-state index < -0.39 is 0 Å². The zero-order chi connectivity index (χ0) is 15.2. The monoisotopic (exact) mass is 282 g/mol. The van der Waals surface area contributed by atoms with E-state index in [1.165, 1.54) is 0 Å². The molecule has 110 valence electrons. The van der Waals surface area contributed by atoms with Crippen molar-refractivity contribution in [2.24, 2.45) is 0 Å². The summed E-state index contributed by atoms with van der Waals surface area (Å²) in [5.74, 6) is 0.886. The van der Waals surface area contributed by atoms with Gasteiger partial charge in [-0.05, 0) is 56.2 Å². The first-order valence-electron chi connectivity index (χ1n) is 7.46. The van der Waals surface area contributed by atoms with Crippen LogP contribution in [0.5, 0.6) is 5.75 Å². The van der Waals surface area contributed by atoms with Gasteiger partial charge in [-0.25, -0.2) is 0 Å². The van der Waals surface area contributed by atoms with Crippen molar-refractivity contribution in [2.45, 2.75) is 33.6 Å². The van der Waals surface area contributed by atoms with Gasteiger partial charge in [0.2, 0.25) is 0 Å². The van der Waals surface area contributed by atoms with Crippen LogP contribution in [-0.4, -0.2) is 12.4 Å². The zero-order valence-corrected chi connectivity index (χ0v) is 13.0. The molecule has 0 aliphatic rings. The van der Waals surface area contributed by atoms with E-state index in [1.807, 2.05) is 56.3 Å². The van der Waals surface area contributed by atoms with E-state index in [0.717, 1.165) is 41.9 Å². The highest BCUT2D eigenvalue weighted by molar-refractivity contribution is 6.10. The molecule has 0 saturated heterocycles. The van der Waals surface area contributed by atoms with Crippen LogP contribution in [-0.2, 0) is 0 Å². The molecule has 0 atom stereocenters. The van der Waals surface area contributed by atoms with Crippen LogP contribution in [0.15, 0.2) is 42.5 Å². The highest BCUT2D eigenvalue weighted by Gasteiger charge is 2.12. The molecule has 2 aromatic carbocycles. The van der Waals surface area contributed by atoms with Crippen LogP contribution in [0.25, 0.3) is 0 Å². The van der Waals surface area contributed by atoms with Crippen LogP contribution in [0, 0.1) is 13.8 Å². The molecule has 0 aromatic heterocycles. The molecule has 0 amide bonds. The van der Waals surface area contributed by atoms with Gasteiger partial charge in [0.1, 0.15) is 5.75 Å². The van der Waals surface area contributed by atoms with E-state index in [9.17, 15) is 4.79 Å². The van der Waals surface area contributed by atoms with Crippen LogP contribution in [0.2, 0.25) is 0 Å². The van der Waals surface area contributed by atoms with E-state index >= 15 is 0 Å². The van der Waals surface area contributed by atoms with Crippen molar-refractivity contribution < 1.29 is 9.53 Å². The number of hydrogen-bond acceptors (Lipinski definition) is 2. The predicted molar refractivity (Wildman–Crippen MR) is 86.2 cm³/mol. The van der Waals surface area contributed by atoms with E-state index in [0.29, 0.717) is 5.56 Å². The fourth-order valence-corrected chi connectivity index (χ4v) is 2.17. The SMILES string of the molecule is CCCCOc1ccc(C(=O)c2cc(C)ccc2C)cc1. The number of unbranched alkanes of at least 4 members (excludes halogenated alkanes) is 1. The lowest BCUT2D eigenvalue weighted by molar-refractivity contribution is 0.103. The van der Waals surface area contributed by atoms with Crippen molar-refractivity contribution in [3.8, 4) is 5.75 Å². The van der Waals surface area contributed by atoms with Crippen molar-refractivity contribution in [3.05, 3.63) is 64.7 Å². The zero-order valence-electron chi connectivity index (χ0n) is 13.0. The summed E-state index contributed by atoms with van der Waals surface area (Å²) in [5, 5.41) is 0. The van der Waals surface area contributed by atoms with Gasteiger partial charge in [-0.3, -0.25) is 4.79 Å². The molecule has 0 spiro atoms. The highest BCUT2D eigenvalue weighted by Crippen LogP contribution is 2.18. The summed E-state index contributed by atoms with van der Waals surface area (Å²) >= 11 is 0. The normalized spacial score (nSPS) is 10.4. The lowest BCUT2D eigenvalue weighted by atomic mass is 9.97. The third-order valence-corrected chi connectivity index (χ3v) is 3.52. The number of hydrogen-bond donors (Lipinski definition) is 0. The Labute approximate surface area is 126 Å². The quantitative estimate of drug-likeness (QED) is 0.566. The Balaban J connectivity index is 2.14. The van der Waals surface area contributed by atoms with Gasteiger partial charge in [-0.15, -0.1) is 0 Å². The van der Waals surface area contributed by atoms with Gasteiger partial charge in [0.15, 0.2) is 5.78 Å². The molecule has 0 bridgehead atoms. The van der Waals surface area contributed by atoms with Crippen LogP contribution in [0.4, 0.5) is 0 Å². The van der Waals surface area contributed by atoms with Gasteiger partial charge in [-0.1, -0.05) is 31.0 Å². The second-order valence-electron chi connectivity index (χ2n) is 5.37. The number of ether oxygens (including phenoxy) is 1. The largest absolute Gasteiger partial charge is 0.494 e. The van der Waals surface area contributed by atoms with Gasteiger partial charge in [0, 0.05) is 11.1 Å². The third kappa shape index (κ3) is 3.94. The van der Waals surface area contributed by atoms with Gasteiger partial charge >= 0.3 is 0 Å². The first kappa shape index (κ1) is 15.3. The summed E-state index contributed by atoms with van der Waals surface area (Å²) in [6.45, 7) is 6.83.